The van der Waals surface area contributed by atoms with Gasteiger partial charge >= 0.3 is 5.97 Å². The number of likely N-dealkylation sites (tertiary alicyclic amines) is 1. The topological polar surface area (TPSA) is 45.3 Å². The summed E-state index contributed by atoms with van der Waals surface area (Å²) in [5.41, 5.74) is 4.26. The molecule has 2 aromatic carbocycles. The predicted octanol–water partition coefficient (Wildman–Crippen LogP) is 4.68. The van der Waals surface area contributed by atoms with Gasteiger partial charge in [0, 0.05) is 29.7 Å². The van der Waals surface area contributed by atoms with Crippen LogP contribution in [0.4, 0.5) is 0 Å². The Labute approximate surface area is 153 Å². The first-order valence-corrected chi connectivity index (χ1v) is 9.23. The Balaban J connectivity index is 1.64. The van der Waals surface area contributed by atoms with Crippen LogP contribution in [0.5, 0.6) is 0 Å². The van der Waals surface area contributed by atoms with E-state index in [1.54, 1.807) is 0 Å². The summed E-state index contributed by atoms with van der Waals surface area (Å²) < 4.78 is 4.83. The largest absolute Gasteiger partial charge is 0.465 e. The summed E-state index contributed by atoms with van der Waals surface area (Å²) in [4.78, 5) is 17.7. The molecule has 4 heteroatoms. The number of hydrogen-bond donors (Lipinski definition) is 1. The normalized spacial score (nSPS) is 18.1. The number of nitrogens with zero attached hydrogens (tertiary/aromatic N) is 1. The molecule has 1 saturated heterocycles. The van der Waals surface area contributed by atoms with Crippen molar-refractivity contribution in [3.8, 4) is 0 Å². The summed E-state index contributed by atoms with van der Waals surface area (Å²) in [5, 5.41) is 1.20. The lowest BCUT2D eigenvalue weighted by molar-refractivity contribution is 0.0601. The molecule has 1 N–H and O–H groups in total. The summed E-state index contributed by atoms with van der Waals surface area (Å²) in [6.07, 6.45) is 5.78. The second-order valence-corrected chi connectivity index (χ2v) is 6.96. The standard InChI is InChI=1S/C22H24N2O2/c1-26-22(25)17-10-11-18-19(14-23-20(18)13-17)21-9-5-6-12-24(21)15-16-7-3-2-4-8-16/h2-4,7-8,10-11,13-14,21,23H,5-6,9,12,15H2,1H3. The van der Waals surface area contributed by atoms with Crippen LogP contribution in [0.15, 0.2) is 54.7 Å². The molecule has 4 rings (SSSR count). The Morgan fingerprint density at radius 2 is 2.04 bits per heavy atom. The van der Waals surface area contributed by atoms with Gasteiger partial charge in [-0.1, -0.05) is 42.8 Å². The summed E-state index contributed by atoms with van der Waals surface area (Å²) in [6.45, 7) is 2.09. The number of carbonyl (C=O) groups excluding carboxylic acids is 1. The van der Waals surface area contributed by atoms with E-state index in [2.05, 4.69) is 46.4 Å². The minimum atomic E-state index is -0.300. The van der Waals surface area contributed by atoms with Crippen molar-refractivity contribution in [1.29, 1.82) is 0 Å². The van der Waals surface area contributed by atoms with Crippen molar-refractivity contribution >= 4 is 16.9 Å². The Hall–Kier alpha value is -2.59. The Kier molecular flexibility index (Phi) is 4.76. The van der Waals surface area contributed by atoms with Crippen molar-refractivity contribution in [2.75, 3.05) is 13.7 Å². The van der Waals surface area contributed by atoms with Crippen molar-refractivity contribution in [1.82, 2.24) is 9.88 Å². The van der Waals surface area contributed by atoms with Gasteiger partial charge in [0.2, 0.25) is 0 Å². The Morgan fingerprint density at radius 3 is 2.85 bits per heavy atom. The molecular weight excluding hydrogens is 324 g/mol. The second-order valence-electron chi connectivity index (χ2n) is 6.96. The predicted molar refractivity (Wildman–Crippen MR) is 103 cm³/mol. The van der Waals surface area contributed by atoms with E-state index >= 15 is 0 Å². The molecule has 0 spiro atoms. The van der Waals surface area contributed by atoms with Gasteiger partial charge in [-0.25, -0.2) is 4.79 Å². The molecule has 1 unspecified atom stereocenters. The molecule has 2 heterocycles. The number of carbonyl (C=O) groups is 1. The molecule has 0 aliphatic carbocycles. The Bertz CT molecular complexity index is 901. The maximum Gasteiger partial charge on any atom is 0.337 e. The van der Waals surface area contributed by atoms with E-state index in [-0.39, 0.29) is 5.97 Å². The number of rotatable bonds is 4. The van der Waals surface area contributed by atoms with Gasteiger partial charge in [-0.3, -0.25) is 4.90 Å². The highest BCUT2D eigenvalue weighted by Crippen LogP contribution is 2.36. The number of nitrogens with one attached hydrogen (secondary N) is 1. The van der Waals surface area contributed by atoms with Gasteiger partial charge in [0.1, 0.15) is 0 Å². The van der Waals surface area contributed by atoms with Crippen LogP contribution in [0.25, 0.3) is 10.9 Å². The van der Waals surface area contributed by atoms with Gasteiger partial charge in [-0.15, -0.1) is 0 Å². The first-order chi connectivity index (χ1) is 12.8. The number of aromatic amines is 1. The van der Waals surface area contributed by atoms with Crippen LogP contribution in [0.3, 0.4) is 0 Å². The number of methoxy groups -OCH3 is 1. The van der Waals surface area contributed by atoms with Gasteiger partial charge in [0.15, 0.2) is 0 Å². The number of fused-ring (bicyclic) bond motifs is 1. The highest BCUT2D eigenvalue weighted by Gasteiger charge is 2.26. The average Bonchev–Trinajstić information content (AvgIpc) is 3.11. The number of H-pyrrole nitrogens is 1. The lowest BCUT2D eigenvalue weighted by atomic mass is 9.94. The molecule has 0 radical (unpaired) electrons. The first-order valence-electron chi connectivity index (χ1n) is 9.23. The van der Waals surface area contributed by atoms with Crippen molar-refractivity contribution in [3.63, 3.8) is 0 Å². The van der Waals surface area contributed by atoms with E-state index in [1.165, 1.54) is 42.9 Å². The fraction of sp³-hybridized carbons (Fsp3) is 0.318. The molecule has 0 amide bonds. The van der Waals surface area contributed by atoms with Crippen LogP contribution >= 0.6 is 0 Å². The summed E-state index contributed by atoms with van der Waals surface area (Å²) in [5.74, 6) is -0.300. The molecule has 1 aliphatic rings. The number of ether oxygens (including phenoxy) is 1. The van der Waals surface area contributed by atoms with E-state index in [1.807, 2.05) is 18.2 Å². The van der Waals surface area contributed by atoms with Crippen LogP contribution in [0.1, 0.15) is 46.8 Å². The summed E-state index contributed by atoms with van der Waals surface area (Å²) in [6, 6.07) is 16.9. The van der Waals surface area contributed by atoms with Crippen molar-refractivity contribution in [3.05, 3.63) is 71.4 Å². The quantitative estimate of drug-likeness (QED) is 0.696. The third kappa shape index (κ3) is 3.25. The van der Waals surface area contributed by atoms with Crippen LogP contribution in [-0.4, -0.2) is 29.5 Å². The first kappa shape index (κ1) is 16.9. The van der Waals surface area contributed by atoms with Crippen LogP contribution < -0.4 is 0 Å². The monoisotopic (exact) mass is 348 g/mol. The van der Waals surface area contributed by atoms with Gasteiger partial charge in [0.25, 0.3) is 0 Å². The van der Waals surface area contributed by atoms with Gasteiger partial charge < -0.3 is 9.72 Å². The van der Waals surface area contributed by atoms with Crippen LogP contribution in [0.2, 0.25) is 0 Å². The van der Waals surface area contributed by atoms with E-state index in [0.29, 0.717) is 11.6 Å². The maximum atomic E-state index is 11.8. The van der Waals surface area contributed by atoms with E-state index in [4.69, 9.17) is 4.74 Å². The molecule has 1 aliphatic heterocycles. The SMILES string of the molecule is COC(=O)c1ccc2c(C3CCCCN3Cc3ccccc3)c[nH]c2c1. The van der Waals surface area contributed by atoms with Crippen LogP contribution in [0, 0.1) is 0 Å². The number of aromatic nitrogens is 1. The van der Waals surface area contributed by atoms with Crippen molar-refractivity contribution in [2.45, 2.75) is 31.8 Å². The highest BCUT2D eigenvalue weighted by molar-refractivity contribution is 5.95. The summed E-state index contributed by atoms with van der Waals surface area (Å²) in [7, 11) is 1.41. The van der Waals surface area contributed by atoms with Gasteiger partial charge in [-0.05, 0) is 42.6 Å². The smallest absolute Gasteiger partial charge is 0.337 e. The summed E-state index contributed by atoms with van der Waals surface area (Å²) >= 11 is 0. The second kappa shape index (κ2) is 7.34. The third-order valence-corrected chi connectivity index (χ3v) is 5.34. The van der Waals surface area contributed by atoms with Crippen LogP contribution in [-0.2, 0) is 11.3 Å². The molecule has 26 heavy (non-hydrogen) atoms. The van der Waals surface area contributed by atoms with Gasteiger partial charge in [0.05, 0.1) is 12.7 Å². The molecule has 1 fully saturated rings. The van der Waals surface area contributed by atoms with Gasteiger partial charge in [-0.2, -0.15) is 0 Å². The number of esters is 1. The van der Waals surface area contributed by atoms with Crippen molar-refractivity contribution in [2.24, 2.45) is 0 Å². The fourth-order valence-corrected chi connectivity index (χ4v) is 4.02. The molecule has 1 aromatic heterocycles. The lowest BCUT2D eigenvalue weighted by Crippen LogP contribution is -2.32. The number of piperidine rings is 1. The van der Waals surface area contributed by atoms with E-state index < -0.39 is 0 Å². The van der Waals surface area contributed by atoms with E-state index in [0.717, 1.165) is 18.6 Å². The molecule has 4 nitrogen and oxygen atoms in total. The third-order valence-electron chi connectivity index (χ3n) is 5.34. The lowest BCUT2D eigenvalue weighted by Gasteiger charge is -2.35. The molecule has 3 aromatic rings. The zero-order valence-electron chi connectivity index (χ0n) is 15.1. The number of benzene rings is 2. The minimum absolute atomic E-state index is 0.300. The Morgan fingerprint density at radius 1 is 1.19 bits per heavy atom. The number of hydrogen-bond acceptors (Lipinski definition) is 3. The zero-order valence-corrected chi connectivity index (χ0v) is 15.1. The molecular formula is C22H24N2O2. The van der Waals surface area contributed by atoms with Crippen molar-refractivity contribution < 1.29 is 9.53 Å². The zero-order chi connectivity index (χ0) is 17.9. The van der Waals surface area contributed by atoms with E-state index in [9.17, 15) is 4.79 Å². The maximum absolute atomic E-state index is 11.8. The highest BCUT2D eigenvalue weighted by atomic mass is 16.5. The molecule has 0 saturated carbocycles. The fourth-order valence-electron chi connectivity index (χ4n) is 4.02. The molecule has 0 bridgehead atoms. The minimum Gasteiger partial charge on any atom is -0.465 e. The average molecular weight is 348 g/mol. The molecule has 1 atom stereocenters. The molecule has 134 valence electrons.